The van der Waals surface area contributed by atoms with E-state index in [1.165, 1.54) is 0 Å². The predicted molar refractivity (Wildman–Crippen MR) is 54.6 cm³/mol. The molecule has 4 nitrogen and oxygen atoms in total. The van der Waals surface area contributed by atoms with Crippen LogP contribution in [0.15, 0.2) is 12.1 Å². The second-order valence-corrected chi connectivity index (χ2v) is 2.89. The Morgan fingerprint density at radius 3 is 2.54 bits per heavy atom. The zero-order valence-electron chi connectivity index (χ0n) is 7.17. The maximum atomic E-state index is 10.8. The Bertz CT molecular complexity index is 339. The molecule has 0 spiro atoms. The van der Waals surface area contributed by atoms with Gasteiger partial charge in [-0.2, -0.15) is 4.74 Å². The molecule has 0 atom stereocenters. The van der Waals surface area contributed by atoms with E-state index < -0.39 is 0 Å². The Balaban J connectivity index is 0.00000144. The lowest BCUT2D eigenvalue weighted by atomic mass is 10.2. The Kier molecular flexibility index (Phi) is 3.71. The van der Waals surface area contributed by atoms with Crippen molar-refractivity contribution in [3.8, 4) is 0 Å². The van der Waals surface area contributed by atoms with E-state index in [4.69, 9.17) is 17.3 Å². The van der Waals surface area contributed by atoms with Gasteiger partial charge in [0.25, 0.3) is 0 Å². The number of nitrogen functional groups attached to an aromatic ring is 1. The van der Waals surface area contributed by atoms with Gasteiger partial charge in [0.05, 0.1) is 5.02 Å². The predicted octanol–water partition coefficient (Wildman–Crippen LogP) is 1.25. The van der Waals surface area contributed by atoms with Crippen molar-refractivity contribution in [2.75, 3.05) is 5.73 Å². The van der Waals surface area contributed by atoms with Crippen LogP contribution >= 0.6 is 11.6 Å². The largest absolute Gasteiger partial charge is 0.619 e. The van der Waals surface area contributed by atoms with Crippen molar-refractivity contribution >= 4 is 29.7 Å². The van der Waals surface area contributed by atoms with Gasteiger partial charge < -0.3 is 16.4 Å². The van der Waals surface area contributed by atoms with Crippen LogP contribution in [0.25, 0.3) is 0 Å². The minimum Gasteiger partial charge on any atom is -0.619 e. The Hall–Kier alpha value is -1.26. The smallest absolute Gasteiger partial charge is 0.240 e. The first-order chi connectivity index (χ1) is 5.54. The first-order valence-corrected chi connectivity index (χ1v) is 3.74. The van der Waals surface area contributed by atoms with Crippen LogP contribution in [-0.4, -0.2) is 16.9 Å². The summed E-state index contributed by atoms with van der Waals surface area (Å²) < 4.78 is 0.445. The third-order valence-electron chi connectivity index (χ3n) is 1.62. The van der Waals surface area contributed by atoms with Gasteiger partial charge in [0.15, 0.2) is 0 Å². The standard InChI is InChI=1S/C8H9ClN2O.H2O/c1-5-3-4-6(11(2)12)8(10)7(5)9;/h3-4H,2,10H2,1H3;1H2. The average molecular weight is 203 g/mol. The van der Waals surface area contributed by atoms with Gasteiger partial charge in [0.2, 0.25) is 5.69 Å². The Labute approximate surface area is 81.1 Å². The molecule has 0 heterocycles. The fraction of sp³-hybridized carbons (Fsp3) is 0.125. The third-order valence-corrected chi connectivity index (χ3v) is 2.12. The number of hydrogen-bond donors (Lipinski definition) is 1. The van der Waals surface area contributed by atoms with Crippen molar-refractivity contribution in [2.24, 2.45) is 0 Å². The molecule has 1 aromatic carbocycles. The summed E-state index contributed by atoms with van der Waals surface area (Å²) in [5, 5.41) is 11.2. The van der Waals surface area contributed by atoms with Crippen molar-refractivity contribution in [2.45, 2.75) is 6.92 Å². The van der Waals surface area contributed by atoms with E-state index in [2.05, 4.69) is 6.72 Å². The summed E-state index contributed by atoms with van der Waals surface area (Å²) in [6.07, 6.45) is 0. The molecule has 5 heteroatoms. The topological polar surface area (TPSA) is 83.6 Å². The van der Waals surface area contributed by atoms with Crippen LogP contribution in [0.2, 0.25) is 5.02 Å². The maximum Gasteiger partial charge on any atom is 0.240 e. The van der Waals surface area contributed by atoms with Gasteiger partial charge in [-0.1, -0.05) is 17.7 Å². The molecule has 0 bridgehead atoms. The lowest BCUT2D eigenvalue weighted by molar-refractivity contribution is -0.348. The molecule has 4 N–H and O–H groups in total. The minimum atomic E-state index is 0. The molecule has 0 aliphatic heterocycles. The minimum absolute atomic E-state index is 0. The fourth-order valence-electron chi connectivity index (χ4n) is 0.909. The monoisotopic (exact) mass is 202 g/mol. The number of nitrogens with two attached hydrogens (primary N) is 1. The van der Waals surface area contributed by atoms with Gasteiger partial charge in [-0.05, 0) is 12.5 Å². The van der Waals surface area contributed by atoms with E-state index in [0.717, 1.165) is 5.56 Å². The van der Waals surface area contributed by atoms with Crippen molar-refractivity contribution in [1.82, 2.24) is 0 Å². The van der Waals surface area contributed by atoms with E-state index in [9.17, 15) is 5.21 Å². The molecule has 72 valence electrons. The average Bonchev–Trinajstić information content (AvgIpc) is 2.00. The summed E-state index contributed by atoms with van der Waals surface area (Å²) in [5.74, 6) is 0. The quantitative estimate of drug-likeness (QED) is 0.244. The highest BCUT2D eigenvalue weighted by molar-refractivity contribution is 6.34. The number of benzene rings is 1. The molecule has 0 amide bonds. The van der Waals surface area contributed by atoms with Gasteiger partial charge in [0.1, 0.15) is 12.4 Å². The lowest BCUT2D eigenvalue weighted by Gasteiger charge is -2.06. The van der Waals surface area contributed by atoms with Gasteiger partial charge in [-0.15, -0.1) is 0 Å². The Morgan fingerprint density at radius 2 is 2.08 bits per heavy atom. The molecular formula is C8H11ClN2O2. The third kappa shape index (κ3) is 2.11. The number of anilines is 1. The van der Waals surface area contributed by atoms with E-state index in [1.807, 2.05) is 6.92 Å². The van der Waals surface area contributed by atoms with Gasteiger partial charge in [-0.25, -0.2) is 0 Å². The number of nitrogens with zero attached hydrogens (tertiary/aromatic N) is 1. The first kappa shape index (κ1) is 11.7. The summed E-state index contributed by atoms with van der Waals surface area (Å²) in [4.78, 5) is 0. The van der Waals surface area contributed by atoms with Crippen LogP contribution in [0.1, 0.15) is 5.56 Å². The number of rotatable bonds is 1. The van der Waals surface area contributed by atoms with Gasteiger partial charge >= 0.3 is 0 Å². The number of halogens is 1. The lowest BCUT2D eigenvalue weighted by Crippen LogP contribution is -1.98. The molecular weight excluding hydrogens is 192 g/mol. The van der Waals surface area contributed by atoms with Gasteiger partial charge in [0, 0.05) is 6.07 Å². The molecule has 0 radical (unpaired) electrons. The molecule has 13 heavy (non-hydrogen) atoms. The second-order valence-electron chi connectivity index (χ2n) is 2.51. The van der Waals surface area contributed by atoms with Crippen LogP contribution in [0, 0.1) is 12.1 Å². The van der Waals surface area contributed by atoms with E-state index >= 15 is 0 Å². The highest BCUT2D eigenvalue weighted by Crippen LogP contribution is 2.31. The fourth-order valence-corrected chi connectivity index (χ4v) is 1.07. The summed E-state index contributed by atoms with van der Waals surface area (Å²) >= 11 is 5.81. The molecule has 0 saturated heterocycles. The number of aryl methyl sites for hydroxylation is 1. The van der Waals surface area contributed by atoms with Crippen molar-refractivity contribution in [3.63, 3.8) is 0 Å². The molecule has 0 aliphatic carbocycles. The SMILES string of the molecule is C=[N+]([O-])c1ccc(C)c(Cl)c1N.O. The van der Waals surface area contributed by atoms with E-state index in [-0.39, 0.29) is 11.2 Å². The summed E-state index contributed by atoms with van der Waals surface area (Å²) in [5.41, 5.74) is 6.99. The molecule has 0 aliphatic rings. The summed E-state index contributed by atoms with van der Waals surface area (Å²) in [6, 6.07) is 3.32. The van der Waals surface area contributed by atoms with E-state index in [0.29, 0.717) is 15.4 Å². The van der Waals surface area contributed by atoms with Crippen molar-refractivity contribution in [1.29, 1.82) is 0 Å². The summed E-state index contributed by atoms with van der Waals surface area (Å²) in [7, 11) is 0. The molecule has 0 aromatic heterocycles. The molecule has 1 aromatic rings. The molecule has 0 fully saturated rings. The molecule has 0 saturated carbocycles. The molecule has 0 unspecified atom stereocenters. The van der Waals surface area contributed by atoms with E-state index in [1.54, 1.807) is 12.1 Å². The maximum absolute atomic E-state index is 10.8. The zero-order valence-corrected chi connectivity index (χ0v) is 7.93. The van der Waals surface area contributed by atoms with Crippen LogP contribution < -0.4 is 5.73 Å². The number of hydrogen-bond acceptors (Lipinski definition) is 2. The van der Waals surface area contributed by atoms with Crippen LogP contribution in [-0.2, 0) is 0 Å². The normalized spacial score (nSPS) is 9.08. The van der Waals surface area contributed by atoms with Gasteiger partial charge in [-0.3, -0.25) is 0 Å². The van der Waals surface area contributed by atoms with Crippen molar-refractivity contribution < 1.29 is 10.2 Å². The molecule has 1 rings (SSSR count). The van der Waals surface area contributed by atoms with Crippen LogP contribution in [0.3, 0.4) is 0 Å². The zero-order chi connectivity index (χ0) is 9.30. The Morgan fingerprint density at radius 1 is 1.54 bits per heavy atom. The first-order valence-electron chi connectivity index (χ1n) is 3.36. The summed E-state index contributed by atoms with van der Waals surface area (Å²) in [6.45, 7) is 5.00. The highest BCUT2D eigenvalue weighted by atomic mass is 35.5. The second kappa shape index (κ2) is 4.11. The van der Waals surface area contributed by atoms with Crippen LogP contribution in [0.5, 0.6) is 0 Å². The highest BCUT2D eigenvalue weighted by Gasteiger charge is 2.10. The van der Waals surface area contributed by atoms with Crippen molar-refractivity contribution in [3.05, 3.63) is 27.9 Å². The van der Waals surface area contributed by atoms with Crippen LogP contribution in [0.4, 0.5) is 11.4 Å².